The number of anilines is 1. The van der Waals surface area contributed by atoms with Crippen molar-refractivity contribution in [3.63, 3.8) is 0 Å². The van der Waals surface area contributed by atoms with Crippen molar-refractivity contribution in [1.29, 1.82) is 0 Å². The standard InChI is InChI=1S/C13H21N3O3/c1-3-5-6-10(4-2)13(19)14-11-7-8-16(15-11)9-12(17)18/h7-8,10H,3-6,9H2,1-2H3,(H,17,18)(H,14,15,19). The summed E-state index contributed by atoms with van der Waals surface area (Å²) >= 11 is 0. The number of hydrogen-bond acceptors (Lipinski definition) is 3. The number of carboxylic acid groups (broad SMARTS) is 1. The van der Waals surface area contributed by atoms with E-state index in [-0.39, 0.29) is 18.4 Å². The van der Waals surface area contributed by atoms with Gasteiger partial charge in [-0.1, -0.05) is 26.7 Å². The van der Waals surface area contributed by atoms with Crippen LogP contribution in [0.15, 0.2) is 12.3 Å². The van der Waals surface area contributed by atoms with Gasteiger partial charge in [-0.15, -0.1) is 0 Å². The summed E-state index contributed by atoms with van der Waals surface area (Å²) in [6, 6.07) is 1.60. The monoisotopic (exact) mass is 267 g/mol. The van der Waals surface area contributed by atoms with E-state index in [1.165, 1.54) is 10.9 Å². The predicted molar refractivity (Wildman–Crippen MR) is 71.8 cm³/mol. The molecule has 0 aliphatic heterocycles. The number of amides is 1. The first-order valence-electron chi connectivity index (χ1n) is 6.62. The van der Waals surface area contributed by atoms with E-state index in [0.717, 1.165) is 25.7 Å². The van der Waals surface area contributed by atoms with Crippen molar-refractivity contribution in [2.75, 3.05) is 5.32 Å². The van der Waals surface area contributed by atoms with Gasteiger partial charge in [0.2, 0.25) is 5.91 Å². The van der Waals surface area contributed by atoms with Gasteiger partial charge in [-0.25, -0.2) is 0 Å². The molecule has 1 rings (SSSR count). The maximum absolute atomic E-state index is 12.0. The van der Waals surface area contributed by atoms with Crippen LogP contribution in [0.1, 0.15) is 39.5 Å². The van der Waals surface area contributed by atoms with E-state index in [0.29, 0.717) is 5.82 Å². The molecule has 106 valence electrons. The molecule has 6 nitrogen and oxygen atoms in total. The van der Waals surface area contributed by atoms with Gasteiger partial charge in [0.1, 0.15) is 6.54 Å². The second kappa shape index (κ2) is 7.56. The summed E-state index contributed by atoms with van der Waals surface area (Å²) < 4.78 is 1.28. The number of nitrogens with zero attached hydrogens (tertiary/aromatic N) is 2. The lowest BCUT2D eigenvalue weighted by atomic mass is 9.98. The van der Waals surface area contributed by atoms with Gasteiger partial charge in [-0.2, -0.15) is 5.10 Å². The Balaban J connectivity index is 2.55. The second-order valence-corrected chi connectivity index (χ2v) is 4.53. The molecule has 6 heteroatoms. The predicted octanol–water partition coefficient (Wildman–Crippen LogP) is 2.12. The van der Waals surface area contributed by atoms with Gasteiger partial charge in [0, 0.05) is 18.2 Å². The molecule has 0 radical (unpaired) electrons. The zero-order valence-electron chi connectivity index (χ0n) is 11.4. The smallest absolute Gasteiger partial charge is 0.325 e. The topological polar surface area (TPSA) is 84.2 Å². The molecule has 1 heterocycles. The molecule has 1 amide bonds. The number of rotatable bonds is 8. The molecule has 0 saturated carbocycles. The molecule has 0 fully saturated rings. The molecule has 1 unspecified atom stereocenters. The first kappa shape index (κ1) is 15.2. The van der Waals surface area contributed by atoms with Gasteiger partial charge in [-0.05, 0) is 12.8 Å². The van der Waals surface area contributed by atoms with Crippen LogP contribution >= 0.6 is 0 Å². The summed E-state index contributed by atoms with van der Waals surface area (Å²) in [5.74, 6) is -0.613. The van der Waals surface area contributed by atoms with E-state index in [4.69, 9.17) is 5.11 Å². The van der Waals surface area contributed by atoms with Gasteiger partial charge < -0.3 is 10.4 Å². The Labute approximate surface area is 112 Å². The molecule has 0 spiro atoms. The summed E-state index contributed by atoms with van der Waals surface area (Å²) in [4.78, 5) is 22.5. The highest BCUT2D eigenvalue weighted by atomic mass is 16.4. The Morgan fingerprint density at radius 3 is 2.79 bits per heavy atom. The van der Waals surface area contributed by atoms with E-state index in [2.05, 4.69) is 17.3 Å². The number of hydrogen-bond donors (Lipinski definition) is 2. The fourth-order valence-corrected chi connectivity index (χ4v) is 1.85. The number of unbranched alkanes of at least 4 members (excludes halogenated alkanes) is 1. The zero-order chi connectivity index (χ0) is 14.3. The summed E-state index contributed by atoms with van der Waals surface area (Å²) in [6.07, 6.45) is 5.30. The molecule has 0 aromatic carbocycles. The molecule has 1 aromatic rings. The lowest BCUT2D eigenvalue weighted by Crippen LogP contribution is -2.22. The van der Waals surface area contributed by atoms with Crippen molar-refractivity contribution in [2.24, 2.45) is 5.92 Å². The Kier molecular flexibility index (Phi) is 6.05. The fraction of sp³-hybridized carbons (Fsp3) is 0.615. The Morgan fingerprint density at radius 1 is 1.47 bits per heavy atom. The van der Waals surface area contributed by atoms with Gasteiger partial charge in [-0.3, -0.25) is 14.3 Å². The molecule has 0 saturated heterocycles. The Hall–Kier alpha value is -1.85. The third-order valence-electron chi connectivity index (χ3n) is 2.96. The quantitative estimate of drug-likeness (QED) is 0.755. The SMILES string of the molecule is CCCCC(CC)C(=O)Nc1ccn(CC(=O)O)n1. The van der Waals surface area contributed by atoms with Gasteiger partial charge in [0.25, 0.3) is 0 Å². The zero-order valence-corrected chi connectivity index (χ0v) is 11.4. The molecule has 0 aliphatic carbocycles. The summed E-state index contributed by atoms with van der Waals surface area (Å²) in [6.45, 7) is 3.88. The average Bonchev–Trinajstić information content (AvgIpc) is 2.76. The van der Waals surface area contributed by atoms with E-state index in [1.54, 1.807) is 6.07 Å². The number of aliphatic carboxylic acids is 1. The molecule has 2 N–H and O–H groups in total. The fourth-order valence-electron chi connectivity index (χ4n) is 1.85. The Bertz CT molecular complexity index is 429. The molecule has 19 heavy (non-hydrogen) atoms. The highest BCUT2D eigenvalue weighted by molar-refractivity contribution is 5.91. The number of aromatic nitrogens is 2. The largest absolute Gasteiger partial charge is 0.480 e. The molecular formula is C13H21N3O3. The van der Waals surface area contributed by atoms with Crippen LogP contribution in [0.2, 0.25) is 0 Å². The van der Waals surface area contributed by atoms with E-state index >= 15 is 0 Å². The third kappa shape index (κ3) is 5.11. The van der Waals surface area contributed by atoms with Crippen LogP contribution in [0.25, 0.3) is 0 Å². The van der Waals surface area contributed by atoms with Crippen LogP contribution in [0.5, 0.6) is 0 Å². The second-order valence-electron chi connectivity index (χ2n) is 4.53. The van der Waals surface area contributed by atoms with Gasteiger partial charge in [0.15, 0.2) is 5.82 Å². The molecule has 0 bridgehead atoms. The molecule has 0 aliphatic rings. The molecule has 1 aromatic heterocycles. The van der Waals surface area contributed by atoms with Crippen LogP contribution in [-0.2, 0) is 16.1 Å². The average molecular weight is 267 g/mol. The third-order valence-corrected chi connectivity index (χ3v) is 2.96. The highest BCUT2D eigenvalue weighted by Crippen LogP contribution is 2.15. The summed E-state index contributed by atoms with van der Waals surface area (Å²) in [5.41, 5.74) is 0. The minimum Gasteiger partial charge on any atom is -0.480 e. The van der Waals surface area contributed by atoms with Crippen LogP contribution < -0.4 is 5.32 Å². The van der Waals surface area contributed by atoms with Crippen molar-refractivity contribution in [3.05, 3.63) is 12.3 Å². The number of carbonyl (C=O) groups excluding carboxylic acids is 1. The number of carbonyl (C=O) groups is 2. The van der Waals surface area contributed by atoms with Crippen LogP contribution in [0.3, 0.4) is 0 Å². The van der Waals surface area contributed by atoms with Crippen molar-refractivity contribution < 1.29 is 14.7 Å². The van der Waals surface area contributed by atoms with Gasteiger partial charge >= 0.3 is 5.97 Å². The molecular weight excluding hydrogens is 246 g/mol. The van der Waals surface area contributed by atoms with Crippen LogP contribution in [0, 0.1) is 5.92 Å². The number of carboxylic acids is 1. The van der Waals surface area contributed by atoms with E-state index in [9.17, 15) is 9.59 Å². The maximum atomic E-state index is 12.0. The van der Waals surface area contributed by atoms with Gasteiger partial charge in [0.05, 0.1) is 0 Å². The van der Waals surface area contributed by atoms with Crippen LogP contribution in [0.4, 0.5) is 5.82 Å². The summed E-state index contributed by atoms with van der Waals surface area (Å²) in [7, 11) is 0. The van der Waals surface area contributed by atoms with E-state index < -0.39 is 5.97 Å². The first-order chi connectivity index (χ1) is 9.06. The van der Waals surface area contributed by atoms with Crippen molar-refractivity contribution in [3.8, 4) is 0 Å². The minimum atomic E-state index is -0.963. The van der Waals surface area contributed by atoms with Crippen LogP contribution in [-0.4, -0.2) is 26.8 Å². The first-order valence-corrected chi connectivity index (χ1v) is 6.62. The minimum absolute atomic E-state index is 0.00965. The Morgan fingerprint density at radius 2 is 2.21 bits per heavy atom. The van der Waals surface area contributed by atoms with Crippen molar-refractivity contribution >= 4 is 17.7 Å². The normalized spacial score (nSPS) is 12.1. The summed E-state index contributed by atoms with van der Waals surface area (Å²) in [5, 5.41) is 15.4. The maximum Gasteiger partial charge on any atom is 0.325 e. The number of nitrogens with one attached hydrogen (secondary N) is 1. The van der Waals surface area contributed by atoms with Crippen molar-refractivity contribution in [1.82, 2.24) is 9.78 Å². The molecule has 1 atom stereocenters. The van der Waals surface area contributed by atoms with E-state index in [1.807, 2.05) is 6.92 Å². The highest BCUT2D eigenvalue weighted by Gasteiger charge is 2.16. The lowest BCUT2D eigenvalue weighted by Gasteiger charge is -2.13. The lowest BCUT2D eigenvalue weighted by molar-refractivity contribution is -0.137. The van der Waals surface area contributed by atoms with Crippen molar-refractivity contribution in [2.45, 2.75) is 46.1 Å².